The summed E-state index contributed by atoms with van der Waals surface area (Å²) in [5.41, 5.74) is -0.0970. The first-order valence-corrected chi connectivity index (χ1v) is 6.35. The number of aliphatic hydroxyl groups is 1. The van der Waals surface area contributed by atoms with Gasteiger partial charge in [-0.25, -0.2) is 9.97 Å². The van der Waals surface area contributed by atoms with Crippen molar-refractivity contribution < 1.29 is 5.11 Å². The normalized spacial score (nSPS) is 11.4. The number of likely N-dealkylation sites (N-methyl/N-ethyl adjacent to an activating group) is 1. The minimum absolute atomic E-state index is 0.0970. The van der Waals surface area contributed by atoms with Gasteiger partial charge in [0.15, 0.2) is 0 Å². The molecule has 0 spiro atoms. The Hall–Kier alpha value is -1.36. The van der Waals surface area contributed by atoms with Gasteiger partial charge in [0, 0.05) is 31.6 Å². The van der Waals surface area contributed by atoms with E-state index in [4.69, 9.17) is 5.11 Å². The molecule has 0 amide bonds. The highest BCUT2D eigenvalue weighted by atomic mass is 16.3. The molecule has 1 aromatic heterocycles. The summed E-state index contributed by atoms with van der Waals surface area (Å²) in [6.45, 7) is 9.84. The fourth-order valence-corrected chi connectivity index (χ4v) is 1.62. The number of nitrogens with one attached hydrogen (secondary N) is 1. The van der Waals surface area contributed by atoms with Gasteiger partial charge in [0.05, 0.1) is 6.61 Å². The van der Waals surface area contributed by atoms with Gasteiger partial charge in [0.1, 0.15) is 17.5 Å². The number of hydrogen-bond donors (Lipinski definition) is 2. The summed E-state index contributed by atoms with van der Waals surface area (Å²) >= 11 is 0. The van der Waals surface area contributed by atoms with Crippen LogP contribution in [0.15, 0.2) is 6.07 Å². The predicted molar refractivity (Wildman–Crippen MR) is 75.3 cm³/mol. The van der Waals surface area contributed by atoms with Crippen LogP contribution in [0.2, 0.25) is 0 Å². The molecule has 0 unspecified atom stereocenters. The zero-order valence-corrected chi connectivity index (χ0v) is 12.0. The second-order valence-electron chi connectivity index (χ2n) is 5.24. The topological polar surface area (TPSA) is 61.3 Å². The molecular weight excluding hydrogens is 228 g/mol. The predicted octanol–water partition coefficient (Wildman–Crippen LogP) is 1.63. The third-order valence-corrected chi connectivity index (χ3v) is 2.72. The maximum atomic E-state index is 9.08. The Kier molecular flexibility index (Phi) is 4.90. The fourth-order valence-electron chi connectivity index (χ4n) is 1.62. The third-order valence-electron chi connectivity index (χ3n) is 2.72. The van der Waals surface area contributed by atoms with Crippen LogP contribution >= 0.6 is 0 Å². The first-order valence-electron chi connectivity index (χ1n) is 6.35. The van der Waals surface area contributed by atoms with Crippen LogP contribution < -0.4 is 10.2 Å². The van der Waals surface area contributed by atoms with Crippen LogP contribution in [0.5, 0.6) is 0 Å². The molecule has 0 atom stereocenters. The van der Waals surface area contributed by atoms with Crippen molar-refractivity contribution >= 4 is 11.6 Å². The van der Waals surface area contributed by atoms with Crippen molar-refractivity contribution in [3.05, 3.63) is 11.9 Å². The highest BCUT2D eigenvalue weighted by Gasteiger charge is 2.20. The lowest BCUT2D eigenvalue weighted by Gasteiger charge is -2.24. The van der Waals surface area contributed by atoms with E-state index in [1.807, 2.05) is 24.9 Å². The van der Waals surface area contributed by atoms with Crippen LogP contribution in [-0.4, -0.2) is 41.8 Å². The van der Waals surface area contributed by atoms with Crippen LogP contribution in [0.4, 0.5) is 11.6 Å². The first kappa shape index (κ1) is 14.7. The molecule has 1 rings (SSSR count). The quantitative estimate of drug-likeness (QED) is 0.834. The molecule has 0 aliphatic carbocycles. The Morgan fingerprint density at radius 2 is 2.00 bits per heavy atom. The van der Waals surface area contributed by atoms with Gasteiger partial charge in [-0.05, 0) is 6.92 Å². The molecule has 0 saturated carbocycles. The maximum absolute atomic E-state index is 9.08. The molecule has 1 aromatic rings. The van der Waals surface area contributed by atoms with Crippen LogP contribution in [0.25, 0.3) is 0 Å². The van der Waals surface area contributed by atoms with E-state index in [0.29, 0.717) is 6.54 Å². The molecule has 5 nitrogen and oxygen atoms in total. The van der Waals surface area contributed by atoms with Crippen LogP contribution in [0.1, 0.15) is 33.5 Å². The molecular formula is C13H24N4O. The Labute approximate surface area is 109 Å². The van der Waals surface area contributed by atoms with Crippen molar-refractivity contribution in [2.24, 2.45) is 0 Å². The van der Waals surface area contributed by atoms with E-state index < -0.39 is 0 Å². The van der Waals surface area contributed by atoms with Crippen molar-refractivity contribution in [3.63, 3.8) is 0 Å². The summed E-state index contributed by atoms with van der Waals surface area (Å²) in [6, 6.07) is 1.91. The molecule has 0 fully saturated rings. The Morgan fingerprint density at radius 3 is 2.44 bits per heavy atom. The van der Waals surface area contributed by atoms with E-state index in [1.54, 1.807) is 0 Å². The average Bonchev–Trinajstić information content (AvgIpc) is 2.34. The molecule has 0 radical (unpaired) electrons. The van der Waals surface area contributed by atoms with Crippen molar-refractivity contribution in [2.45, 2.75) is 33.1 Å². The van der Waals surface area contributed by atoms with Crippen LogP contribution in [-0.2, 0) is 5.41 Å². The highest BCUT2D eigenvalue weighted by Crippen LogP contribution is 2.23. The van der Waals surface area contributed by atoms with Crippen molar-refractivity contribution in [1.82, 2.24) is 9.97 Å². The van der Waals surface area contributed by atoms with E-state index in [2.05, 4.69) is 36.1 Å². The summed E-state index contributed by atoms with van der Waals surface area (Å²) in [6.07, 6.45) is 0. The van der Waals surface area contributed by atoms with Gasteiger partial charge < -0.3 is 15.3 Å². The average molecular weight is 252 g/mol. The fraction of sp³-hybridized carbons (Fsp3) is 0.692. The monoisotopic (exact) mass is 252 g/mol. The summed E-state index contributed by atoms with van der Waals surface area (Å²) in [4.78, 5) is 11.1. The molecule has 102 valence electrons. The van der Waals surface area contributed by atoms with Gasteiger partial charge in [-0.2, -0.15) is 0 Å². The number of rotatable bonds is 5. The lowest BCUT2D eigenvalue weighted by molar-refractivity contribution is 0.302. The number of hydrogen-bond acceptors (Lipinski definition) is 5. The van der Waals surface area contributed by atoms with E-state index in [-0.39, 0.29) is 12.0 Å². The SMILES string of the molecule is CCN(CCO)c1cc(NC)nc(C(C)(C)C)n1. The molecule has 2 N–H and O–H groups in total. The van der Waals surface area contributed by atoms with Gasteiger partial charge in [-0.3, -0.25) is 0 Å². The molecule has 0 aliphatic heterocycles. The smallest absolute Gasteiger partial charge is 0.138 e. The Balaban J connectivity index is 3.18. The number of anilines is 2. The van der Waals surface area contributed by atoms with E-state index >= 15 is 0 Å². The lowest BCUT2D eigenvalue weighted by Crippen LogP contribution is -2.29. The first-order chi connectivity index (χ1) is 8.42. The van der Waals surface area contributed by atoms with Crippen LogP contribution in [0, 0.1) is 0 Å². The Morgan fingerprint density at radius 1 is 1.33 bits per heavy atom. The summed E-state index contributed by atoms with van der Waals surface area (Å²) in [5.74, 6) is 2.47. The molecule has 0 saturated heterocycles. The number of nitrogens with zero attached hydrogens (tertiary/aromatic N) is 3. The second kappa shape index (κ2) is 6.00. The van der Waals surface area contributed by atoms with Gasteiger partial charge >= 0.3 is 0 Å². The molecule has 1 heterocycles. The molecule has 0 bridgehead atoms. The van der Waals surface area contributed by atoms with Gasteiger partial charge in [0.2, 0.25) is 0 Å². The third kappa shape index (κ3) is 3.57. The van der Waals surface area contributed by atoms with Gasteiger partial charge in [-0.15, -0.1) is 0 Å². The number of aromatic nitrogens is 2. The van der Waals surface area contributed by atoms with Crippen LogP contribution in [0.3, 0.4) is 0 Å². The second-order valence-corrected chi connectivity index (χ2v) is 5.24. The summed E-state index contributed by atoms with van der Waals surface area (Å²) in [5, 5.41) is 12.1. The number of aliphatic hydroxyl groups excluding tert-OH is 1. The van der Waals surface area contributed by atoms with E-state index in [0.717, 1.165) is 24.0 Å². The summed E-state index contributed by atoms with van der Waals surface area (Å²) < 4.78 is 0. The lowest BCUT2D eigenvalue weighted by atomic mass is 9.96. The van der Waals surface area contributed by atoms with E-state index in [1.165, 1.54) is 0 Å². The summed E-state index contributed by atoms with van der Waals surface area (Å²) in [7, 11) is 1.85. The van der Waals surface area contributed by atoms with Crippen molar-refractivity contribution in [2.75, 3.05) is 37.0 Å². The molecule has 5 heteroatoms. The minimum Gasteiger partial charge on any atom is -0.395 e. The zero-order chi connectivity index (χ0) is 13.8. The minimum atomic E-state index is -0.0970. The zero-order valence-electron chi connectivity index (χ0n) is 12.0. The van der Waals surface area contributed by atoms with Gasteiger partial charge in [0.25, 0.3) is 0 Å². The highest BCUT2D eigenvalue weighted by molar-refractivity contribution is 5.49. The molecule has 18 heavy (non-hydrogen) atoms. The van der Waals surface area contributed by atoms with E-state index in [9.17, 15) is 0 Å². The Bertz CT molecular complexity index is 387. The largest absolute Gasteiger partial charge is 0.395 e. The van der Waals surface area contributed by atoms with Crippen molar-refractivity contribution in [1.29, 1.82) is 0 Å². The van der Waals surface area contributed by atoms with Gasteiger partial charge in [-0.1, -0.05) is 20.8 Å². The maximum Gasteiger partial charge on any atom is 0.138 e. The standard InChI is InChI=1S/C13H24N4O/c1-6-17(7-8-18)11-9-10(14-5)15-12(16-11)13(2,3)4/h9,18H,6-8H2,1-5H3,(H,14,15,16). The van der Waals surface area contributed by atoms with Crippen molar-refractivity contribution in [3.8, 4) is 0 Å². The molecule has 0 aromatic carbocycles. The molecule has 0 aliphatic rings.